The largest absolute Gasteiger partial charge is 0.467 e. The summed E-state index contributed by atoms with van der Waals surface area (Å²) < 4.78 is 10.8. The standard InChI is InChI=1S/C20H27ClN4O2.HI/c1-22-20(23-9-4-11-26-15-19-7-3-12-27-19)24-17-8-10-25(14-17)18-6-2-5-16(21)13-18;/h2-3,5-7,12-13,17H,4,8-11,14-15H2,1H3,(H2,22,23,24);1H. The molecule has 3 rings (SSSR count). The van der Waals surface area contributed by atoms with Crippen LogP contribution >= 0.6 is 35.6 Å². The lowest BCUT2D eigenvalue weighted by Crippen LogP contribution is -2.45. The van der Waals surface area contributed by atoms with Crippen molar-refractivity contribution in [2.24, 2.45) is 4.99 Å². The van der Waals surface area contributed by atoms with Gasteiger partial charge in [0.2, 0.25) is 0 Å². The van der Waals surface area contributed by atoms with Gasteiger partial charge in [0.1, 0.15) is 12.4 Å². The van der Waals surface area contributed by atoms with Gasteiger partial charge in [-0.05, 0) is 43.2 Å². The number of nitrogens with zero attached hydrogens (tertiary/aromatic N) is 2. The second kappa shape index (κ2) is 12.2. The van der Waals surface area contributed by atoms with E-state index in [0.29, 0.717) is 19.3 Å². The molecule has 0 radical (unpaired) electrons. The number of rotatable bonds is 8. The molecule has 1 aliphatic heterocycles. The van der Waals surface area contributed by atoms with Gasteiger partial charge in [-0.2, -0.15) is 0 Å². The number of ether oxygens (including phenoxy) is 1. The SMILES string of the molecule is CN=C(NCCCOCc1ccco1)NC1CCN(c2cccc(Cl)c2)C1.I. The molecule has 0 bridgehead atoms. The van der Waals surface area contributed by atoms with Gasteiger partial charge in [-0.3, -0.25) is 4.99 Å². The van der Waals surface area contributed by atoms with Crippen molar-refractivity contribution in [1.29, 1.82) is 0 Å². The summed E-state index contributed by atoms with van der Waals surface area (Å²) in [7, 11) is 1.80. The highest BCUT2D eigenvalue weighted by molar-refractivity contribution is 14.0. The third-order valence-electron chi connectivity index (χ3n) is 4.51. The summed E-state index contributed by atoms with van der Waals surface area (Å²) in [5, 5.41) is 7.62. The van der Waals surface area contributed by atoms with E-state index in [2.05, 4.69) is 26.6 Å². The fourth-order valence-electron chi connectivity index (χ4n) is 3.12. The lowest BCUT2D eigenvalue weighted by Gasteiger charge is -2.20. The van der Waals surface area contributed by atoms with Gasteiger partial charge in [-0.25, -0.2) is 0 Å². The van der Waals surface area contributed by atoms with Crippen molar-refractivity contribution in [1.82, 2.24) is 10.6 Å². The Morgan fingerprint density at radius 1 is 1.36 bits per heavy atom. The smallest absolute Gasteiger partial charge is 0.191 e. The van der Waals surface area contributed by atoms with Gasteiger partial charge in [-0.1, -0.05) is 17.7 Å². The highest BCUT2D eigenvalue weighted by Gasteiger charge is 2.23. The van der Waals surface area contributed by atoms with E-state index >= 15 is 0 Å². The van der Waals surface area contributed by atoms with Crippen LogP contribution in [0.15, 0.2) is 52.1 Å². The number of benzene rings is 1. The van der Waals surface area contributed by atoms with Gasteiger partial charge >= 0.3 is 0 Å². The minimum absolute atomic E-state index is 0. The molecule has 8 heteroatoms. The van der Waals surface area contributed by atoms with Crippen LogP contribution in [0.5, 0.6) is 0 Å². The minimum atomic E-state index is 0. The normalized spacial score (nSPS) is 16.7. The van der Waals surface area contributed by atoms with Gasteiger partial charge < -0.3 is 24.7 Å². The summed E-state index contributed by atoms with van der Waals surface area (Å²) >= 11 is 6.10. The van der Waals surface area contributed by atoms with Gasteiger partial charge in [0.15, 0.2) is 5.96 Å². The monoisotopic (exact) mass is 518 g/mol. The Morgan fingerprint density at radius 2 is 2.25 bits per heavy atom. The molecule has 28 heavy (non-hydrogen) atoms. The lowest BCUT2D eigenvalue weighted by molar-refractivity contribution is 0.105. The van der Waals surface area contributed by atoms with Crippen molar-refractivity contribution >= 4 is 47.2 Å². The van der Waals surface area contributed by atoms with Crippen molar-refractivity contribution in [2.45, 2.75) is 25.5 Å². The summed E-state index contributed by atoms with van der Waals surface area (Å²) in [6.45, 7) is 3.95. The maximum Gasteiger partial charge on any atom is 0.191 e. The van der Waals surface area contributed by atoms with E-state index < -0.39 is 0 Å². The number of furan rings is 1. The molecule has 154 valence electrons. The van der Waals surface area contributed by atoms with Crippen LogP contribution < -0.4 is 15.5 Å². The molecular formula is C20H28ClIN4O2. The first-order chi connectivity index (χ1) is 13.2. The van der Waals surface area contributed by atoms with E-state index in [9.17, 15) is 0 Å². The maximum atomic E-state index is 6.10. The first-order valence-electron chi connectivity index (χ1n) is 9.32. The molecule has 1 fully saturated rings. The van der Waals surface area contributed by atoms with E-state index in [1.165, 1.54) is 5.69 Å². The molecule has 1 unspecified atom stereocenters. The molecule has 1 aromatic heterocycles. The fraction of sp³-hybridized carbons (Fsp3) is 0.450. The first-order valence-corrected chi connectivity index (χ1v) is 9.70. The molecular weight excluding hydrogens is 491 g/mol. The zero-order valence-electron chi connectivity index (χ0n) is 16.1. The molecule has 0 amide bonds. The van der Waals surface area contributed by atoms with Crippen LogP contribution in [-0.2, 0) is 11.3 Å². The van der Waals surface area contributed by atoms with E-state index in [0.717, 1.165) is 49.2 Å². The molecule has 1 atom stereocenters. The van der Waals surface area contributed by atoms with Crippen LogP contribution in [0.1, 0.15) is 18.6 Å². The predicted molar refractivity (Wildman–Crippen MR) is 125 cm³/mol. The van der Waals surface area contributed by atoms with Crippen LogP contribution in [0.2, 0.25) is 5.02 Å². The fourth-order valence-corrected chi connectivity index (χ4v) is 3.31. The number of hydrogen-bond acceptors (Lipinski definition) is 4. The summed E-state index contributed by atoms with van der Waals surface area (Å²) in [5.74, 6) is 1.69. The molecule has 2 N–H and O–H groups in total. The van der Waals surface area contributed by atoms with Gasteiger partial charge in [0.25, 0.3) is 0 Å². The summed E-state index contributed by atoms with van der Waals surface area (Å²) in [4.78, 5) is 6.67. The Labute approximate surface area is 188 Å². The van der Waals surface area contributed by atoms with E-state index in [-0.39, 0.29) is 24.0 Å². The maximum absolute atomic E-state index is 6.10. The topological polar surface area (TPSA) is 62.0 Å². The van der Waals surface area contributed by atoms with Crippen molar-refractivity contribution in [3.63, 3.8) is 0 Å². The number of hydrogen-bond donors (Lipinski definition) is 2. The van der Waals surface area contributed by atoms with Crippen molar-refractivity contribution in [3.8, 4) is 0 Å². The number of aliphatic imine (C=N–C) groups is 1. The van der Waals surface area contributed by atoms with Crippen LogP contribution in [0, 0.1) is 0 Å². The van der Waals surface area contributed by atoms with Crippen molar-refractivity contribution in [2.75, 3.05) is 38.2 Å². The molecule has 0 saturated carbocycles. The van der Waals surface area contributed by atoms with E-state index in [1.807, 2.05) is 30.3 Å². The third-order valence-corrected chi connectivity index (χ3v) is 4.74. The average Bonchev–Trinajstić information content (AvgIpc) is 3.35. The number of halogens is 2. The quantitative estimate of drug-likeness (QED) is 0.240. The Morgan fingerprint density at radius 3 is 3.00 bits per heavy atom. The number of guanidine groups is 1. The van der Waals surface area contributed by atoms with Crippen LogP contribution in [0.25, 0.3) is 0 Å². The molecule has 6 nitrogen and oxygen atoms in total. The number of nitrogens with one attached hydrogen (secondary N) is 2. The second-order valence-electron chi connectivity index (χ2n) is 6.54. The van der Waals surface area contributed by atoms with Gasteiger partial charge in [-0.15, -0.1) is 24.0 Å². The van der Waals surface area contributed by atoms with Crippen molar-refractivity contribution < 1.29 is 9.15 Å². The predicted octanol–water partition coefficient (Wildman–Crippen LogP) is 3.90. The Kier molecular flexibility index (Phi) is 9.94. The minimum Gasteiger partial charge on any atom is -0.467 e. The van der Waals surface area contributed by atoms with Gasteiger partial charge in [0, 0.05) is 50.0 Å². The van der Waals surface area contributed by atoms with E-state index in [4.69, 9.17) is 20.8 Å². The third kappa shape index (κ3) is 7.18. The van der Waals surface area contributed by atoms with Crippen LogP contribution in [0.4, 0.5) is 5.69 Å². The number of anilines is 1. The highest BCUT2D eigenvalue weighted by Crippen LogP contribution is 2.23. The molecule has 1 saturated heterocycles. The molecule has 1 aliphatic rings. The van der Waals surface area contributed by atoms with Crippen molar-refractivity contribution in [3.05, 3.63) is 53.4 Å². The zero-order chi connectivity index (χ0) is 18.9. The van der Waals surface area contributed by atoms with Gasteiger partial charge in [0.05, 0.1) is 6.26 Å². The second-order valence-corrected chi connectivity index (χ2v) is 6.98. The molecule has 0 aliphatic carbocycles. The van der Waals surface area contributed by atoms with Crippen LogP contribution in [-0.4, -0.2) is 45.3 Å². The molecule has 1 aromatic carbocycles. The Bertz CT molecular complexity index is 727. The molecule has 2 aromatic rings. The lowest BCUT2D eigenvalue weighted by atomic mass is 10.2. The highest BCUT2D eigenvalue weighted by atomic mass is 127. The molecule has 2 heterocycles. The summed E-state index contributed by atoms with van der Waals surface area (Å²) in [5.41, 5.74) is 1.17. The van der Waals surface area contributed by atoms with E-state index in [1.54, 1.807) is 13.3 Å². The Balaban J connectivity index is 0.00000280. The van der Waals surface area contributed by atoms with Crippen LogP contribution in [0.3, 0.4) is 0 Å². The molecule has 0 spiro atoms. The first kappa shape index (κ1) is 22.8. The average molecular weight is 519 g/mol. The zero-order valence-corrected chi connectivity index (χ0v) is 19.2. The summed E-state index contributed by atoms with van der Waals surface area (Å²) in [6.07, 6.45) is 3.63. The Hall–Kier alpha value is -1.45. The summed E-state index contributed by atoms with van der Waals surface area (Å²) in [6, 6.07) is 12.2.